The summed E-state index contributed by atoms with van der Waals surface area (Å²) in [5.74, 6) is 0. The van der Waals surface area contributed by atoms with E-state index in [4.69, 9.17) is 0 Å². The first kappa shape index (κ1) is 31.7. The smallest absolute Gasteiger partial charge is 0.0620 e. The topological polar surface area (TPSA) is 14.8 Å². The Labute approximate surface area is 329 Å². The van der Waals surface area contributed by atoms with E-state index >= 15 is 0 Å². The third kappa shape index (κ3) is 4.60. The second kappa shape index (κ2) is 12.5. The molecule has 0 spiro atoms. The van der Waals surface area contributed by atoms with Crippen LogP contribution in [0.5, 0.6) is 0 Å². The summed E-state index contributed by atoms with van der Waals surface area (Å²) >= 11 is 0. The van der Waals surface area contributed by atoms with Crippen molar-refractivity contribution in [3.63, 3.8) is 0 Å². The van der Waals surface area contributed by atoms with Gasteiger partial charge in [-0.3, -0.25) is 0 Å². The fourth-order valence-corrected chi connectivity index (χ4v) is 9.55. The summed E-state index contributed by atoms with van der Waals surface area (Å²) in [5.41, 5.74) is 15.4. The molecule has 0 aliphatic carbocycles. The number of para-hydroxylation sites is 7. The molecule has 0 saturated heterocycles. The molecule has 12 rings (SSSR count). The highest BCUT2D eigenvalue weighted by Crippen LogP contribution is 2.46. The number of hydrogen-bond donors (Lipinski definition) is 0. The van der Waals surface area contributed by atoms with Gasteiger partial charge in [0.1, 0.15) is 0 Å². The monoisotopic (exact) mass is 725 g/mol. The average Bonchev–Trinajstić information content (AvgIpc) is 3.93. The van der Waals surface area contributed by atoms with Gasteiger partial charge in [0, 0.05) is 60.4 Å². The summed E-state index contributed by atoms with van der Waals surface area (Å²) in [4.78, 5) is 0. The highest BCUT2D eigenvalue weighted by atomic mass is 15.0. The van der Waals surface area contributed by atoms with Crippen molar-refractivity contribution < 1.29 is 0 Å². The zero-order valence-corrected chi connectivity index (χ0v) is 31.0. The van der Waals surface area contributed by atoms with E-state index in [2.05, 4.69) is 226 Å². The van der Waals surface area contributed by atoms with E-state index < -0.39 is 0 Å². The van der Waals surface area contributed by atoms with Crippen molar-refractivity contribution in [2.75, 3.05) is 0 Å². The van der Waals surface area contributed by atoms with E-state index in [0.717, 1.165) is 17.1 Å². The number of benzene rings is 9. The Hall–Kier alpha value is -7.62. The van der Waals surface area contributed by atoms with Gasteiger partial charge in [-0.1, -0.05) is 158 Å². The number of hydrogen-bond acceptors (Lipinski definition) is 0. The summed E-state index contributed by atoms with van der Waals surface area (Å²) in [7, 11) is 0. The molecule has 0 aliphatic rings. The zero-order valence-electron chi connectivity index (χ0n) is 31.0. The van der Waals surface area contributed by atoms with Crippen molar-refractivity contribution in [1.29, 1.82) is 0 Å². The molecule has 0 saturated carbocycles. The van der Waals surface area contributed by atoms with Crippen LogP contribution in [0.25, 0.3) is 105 Å². The predicted molar refractivity (Wildman–Crippen MR) is 240 cm³/mol. The van der Waals surface area contributed by atoms with Gasteiger partial charge in [0.2, 0.25) is 0 Å². The summed E-state index contributed by atoms with van der Waals surface area (Å²) in [6.07, 6.45) is 0. The van der Waals surface area contributed by atoms with Crippen LogP contribution in [0.2, 0.25) is 0 Å². The Kier molecular flexibility index (Phi) is 6.93. The van der Waals surface area contributed by atoms with Gasteiger partial charge in [0.15, 0.2) is 0 Å². The third-order valence-electron chi connectivity index (χ3n) is 11.8. The fourth-order valence-electron chi connectivity index (χ4n) is 9.55. The minimum absolute atomic E-state index is 1.15. The van der Waals surface area contributed by atoms with E-state index in [-0.39, 0.29) is 0 Å². The lowest BCUT2D eigenvalue weighted by molar-refractivity contribution is 1.17. The molecule has 57 heavy (non-hydrogen) atoms. The lowest BCUT2D eigenvalue weighted by Crippen LogP contribution is -1.99. The van der Waals surface area contributed by atoms with E-state index in [1.807, 2.05) is 0 Å². The lowest BCUT2D eigenvalue weighted by atomic mass is 9.99. The standard InChI is InChI=1S/C54H35N3/c1-4-18-36(19-5-1)39-27-16-30-45-52-49(56(53(39)45)38-22-8-3-9-23-38)34-35-50-51(52)44-26-12-15-33-48(44)57(50)47-32-14-11-25-41(47)43-29-17-28-42-40-24-10-13-31-46(40)55(54(42)43)37-20-6-2-7-21-37/h1-35H. The summed E-state index contributed by atoms with van der Waals surface area (Å²) in [5, 5.41) is 7.51. The van der Waals surface area contributed by atoms with Crippen LogP contribution in [0.4, 0.5) is 0 Å². The Bertz CT molecular complexity index is 3500. The molecular formula is C54H35N3. The van der Waals surface area contributed by atoms with Gasteiger partial charge in [0.05, 0.1) is 38.8 Å². The van der Waals surface area contributed by atoms with Crippen LogP contribution >= 0.6 is 0 Å². The van der Waals surface area contributed by atoms with Crippen LogP contribution in [0.1, 0.15) is 0 Å². The molecule has 0 radical (unpaired) electrons. The first-order valence-corrected chi connectivity index (χ1v) is 19.6. The van der Waals surface area contributed by atoms with Gasteiger partial charge in [-0.2, -0.15) is 0 Å². The minimum atomic E-state index is 1.15. The second-order valence-electron chi connectivity index (χ2n) is 14.9. The summed E-state index contributed by atoms with van der Waals surface area (Å²) in [6.45, 7) is 0. The molecule has 3 heterocycles. The van der Waals surface area contributed by atoms with Gasteiger partial charge >= 0.3 is 0 Å². The van der Waals surface area contributed by atoms with Crippen LogP contribution in [0.15, 0.2) is 212 Å². The van der Waals surface area contributed by atoms with Crippen molar-refractivity contribution >= 4 is 65.4 Å². The largest absolute Gasteiger partial charge is 0.309 e. The molecule has 3 nitrogen and oxygen atoms in total. The van der Waals surface area contributed by atoms with Crippen molar-refractivity contribution in [2.45, 2.75) is 0 Å². The average molecular weight is 726 g/mol. The molecule has 0 fully saturated rings. The molecule has 266 valence electrons. The number of fused-ring (bicyclic) bond motifs is 10. The van der Waals surface area contributed by atoms with E-state index in [1.165, 1.54) is 87.7 Å². The Morgan fingerprint density at radius 2 is 0.702 bits per heavy atom. The van der Waals surface area contributed by atoms with Crippen LogP contribution in [0.3, 0.4) is 0 Å². The molecule has 0 unspecified atom stereocenters. The zero-order chi connectivity index (χ0) is 37.5. The highest BCUT2D eigenvalue weighted by Gasteiger charge is 2.24. The van der Waals surface area contributed by atoms with Crippen LogP contribution in [-0.2, 0) is 0 Å². The second-order valence-corrected chi connectivity index (χ2v) is 14.9. The molecule has 0 bridgehead atoms. The summed E-state index contributed by atoms with van der Waals surface area (Å²) in [6, 6.07) is 77.3. The van der Waals surface area contributed by atoms with Gasteiger partial charge in [-0.15, -0.1) is 0 Å². The lowest BCUT2D eigenvalue weighted by Gasteiger charge is -2.17. The Balaban J connectivity index is 1.21. The molecule has 0 amide bonds. The Morgan fingerprint density at radius 3 is 1.42 bits per heavy atom. The maximum Gasteiger partial charge on any atom is 0.0620 e. The van der Waals surface area contributed by atoms with Gasteiger partial charge in [0.25, 0.3) is 0 Å². The number of rotatable bonds is 5. The molecule has 0 atom stereocenters. The van der Waals surface area contributed by atoms with Gasteiger partial charge in [-0.25, -0.2) is 0 Å². The van der Waals surface area contributed by atoms with Crippen LogP contribution < -0.4 is 0 Å². The van der Waals surface area contributed by atoms with Crippen LogP contribution in [-0.4, -0.2) is 13.7 Å². The van der Waals surface area contributed by atoms with Crippen molar-refractivity contribution in [3.8, 4) is 39.3 Å². The molecular weight excluding hydrogens is 691 g/mol. The fraction of sp³-hybridized carbons (Fsp3) is 0. The molecule has 0 N–H and O–H groups in total. The first-order valence-electron chi connectivity index (χ1n) is 19.6. The number of aromatic nitrogens is 3. The van der Waals surface area contributed by atoms with E-state index in [0.29, 0.717) is 0 Å². The first-order chi connectivity index (χ1) is 28.3. The number of nitrogens with zero attached hydrogens (tertiary/aromatic N) is 3. The van der Waals surface area contributed by atoms with Crippen molar-refractivity contribution in [1.82, 2.24) is 13.7 Å². The SMILES string of the molecule is c1ccc(-c2cccc3c4c5c6ccccc6n(-c6ccccc6-c6cccc7c8ccccc8n(-c8ccccc8)c67)c5ccc4n(-c4ccccc4)c23)cc1. The maximum atomic E-state index is 2.50. The highest BCUT2D eigenvalue weighted by molar-refractivity contribution is 6.30. The minimum Gasteiger partial charge on any atom is -0.309 e. The van der Waals surface area contributed by atoms with Gasteiger partial charge in [-0.05, 0) is 60.2 Å². The van der Waals surface area contributed by atoms with Crippen molar-refractivity contribution in [2.24, 2.45) is 0 Å². The quantitative estimate of drug-likeness (QED) is 0.168. The van der Waals surface area contributed by atoms with Crippen molar-refractivity contribution in [3.05, 3.63) is 212 Å². The van der Waals surface area contributed by atoms with E-state index in [9.17, 15) is 0 Å². The molecule has 0 aliphatic heterocycles. The molecule has 3 heteroatoms. The Morgan fingerprint density at radius 1 is 0.246 bits per heavy atom. The molecule has 12 aromatic rings. The van der Waals surface area contributed by atoms with Gasteiger partial charge < -0.3 is 13.7 Å². The van der Waals surface area contributed by atoms with E-state index in [1.54, 1.807) is 0 Å². The normalized spacial score (nSPS) is 11.9. The van der Waals surface area contributed by atoms with Crippen LogP contribution in [0, 0.1) is 0 Å². The molecule has 3 aromatic heterocycles. The maximum absolute atomic E-state index is 2.50. The molecule has 9 aromatic carbocycles. The summed E-state index contributed by atoms with van der Waals surface area (Å²) < 4.78 is 7.41. The predicted octanol–water partition coefficient (Wildman–Crippen LogP) is 14.3. The third-order valence-corrected chi connectivity index (χ3v) is 11.8.